The highest BCUT2D eigenvalue weighted by Gasteiger charge is 2.27. The van der Waals surface area contributed by atoms with Crippen molar-refractivity contribution in [1.29, 1.82) is 0 Å². The third-order valence-electron chi connectivity index (χ3n) is 5.38. The second kappa shape index (κ2) is 8.61. The zero-order chi connectivity index (χ0) is 23.8. The number of hydrogen-bond donors (Lipinski definition) is 1. The molecule has 0 aliphatic heterocycles. The van der Waals surface area contributed by atoms with Crippen LogP contribution in [0, 0.1) is 13.8 Å². The fourth-order valence-corrected chi connectivity index (χ4v) is 3.54. The number of benzene rings is 1. The van der Waals surface area contributed by atoms with Crippen LogP contribution in [0.25, 0.3) is 22.2 Å². The summed E-state index contributed by atoms with van der Waals surface area (Å²) in [4.78, 5) is 29.9. The van der Waals surface area contributed by atoms with Crippen molar-refractivity contribution < 1.29 is 13.6 Å². The molecule has 3 heterocycles. The van der Waals surface area contributed by atoms with Gasteiger partial charge < -0.3 is 5.32 Å². The van der Waals surface area contributed by atoms with Crippen LogP contribution < -0.4 is 5.32 Å². The molecule has 33 heavy (non-hydrogen) atoms. The third kappa shape index (κ3) is 4.69. The van der Waals surface area contributed by atoms with Gasteiger partial charge in [0.15, 0.2) is 5.65 Å². The van der Waals surface area contributed by atoms with Crippen molar-refractivity contribution >= 4 is 22.6 Å². The molecule has 0 aliphatic carbocycles. The number of rotatable bonds is 5. The van der Waals surface area contributed by atoms with E-state index in [1.807, 2.05) is 39.0 Å². The molecule has 0 atom stereocenters. The Balaban J connectivity index is 1.68. The summed E-state index contributed by atoms with van der Waals surface area (Å²) in [6, 6.07) is 10.0. The van der Waals surface area contributed by atoms with Crippen molar-refractivity contribution in [3.05, 3.63) is 77.1 Å². The molecule has 0 spiro atoms. The van der Waals surface area contributed by atoms with Crippen LogP contribution in [-0.4, -0.2) is 25.8 Å². The Kier molecular flexibility index (Phi) is 5.84. The lowest BCUT2D eigenvalue weighted by Crippen LogP contribution is -2.15. The summed E-state index contributed by atoms with van der Waals surface area (Å²) in [7, 11) is 0. The average molecular weight is 447 g/mol. The Morgan fingerprint density at radius 2 is 1.82 bits per heavy atom. The zero-order valence-corrected chi connectivity index (χ0v) is 18.8. The first-order valence-corrected chi connectivity index (χ1v) is 10.6. The lowest BCUT2D eigenvalue weighted by Gasteiger charge is -2.14. The van der Waals surface area contributed by atoms with Gasteiger partial charge in [0.05, 0.1) is 0 Å². The van der Waals surface area contributed by atoms with Crippen LogP contribution in [-0.2, 0) is 12.3 Å². The highest BCUT2D eigenvalue weighted by atomic mass is 19.3. The second-order valence-corrected chi connectivity index (χ2v) is 7.98. The van der Waals surface area contributed by atoms with Crippen molar-refractivity contribution in [3.63, 3.8) is 0 Å². The van der Waals surface area contributed by atoms with Crippen LogP contribution in [0.3, 0.4) is 0 Å². The normalized spacial score (nSPS) is 11.6. The summed E-state index contributed by atoms with van der Waals surface area (Å²) in [6.07, 6.45) is 3.70. The number of carbonyl (C=O) groups is 1. The quantitative estimate of drug-likeness (QED) is 0.429. The standard InChI is InChI=1S/C25H23F2N5O/c1-5-22-29-13-17-10-20(15(3)30-23(17)32-22)19-12-18(7-6-14(19)2)31-24(33)16-8-9-28-21(11-16)25(4,26)27/h6-13H,5H2,1-4H3,(H,31,33). The first-order valence-electron chi connectivity index (χ1n) is 10.6. The van der Waals surface area contributed by atoms with Gasteiger partial charge in [-0.05, 0) is 55.3 Å². The number of alkyl halides is 2. The lowest BCUT2D eigenvalue weighted by atomic mass is 9.98. The molecule has 3 aromatic heterocycles. The Morgan fingerprint density at radius 3 is 2.55 bits per heavy atom. The van der Waals surface area contributed by atoms with Crippen molar-refractivity contribution in [1.82, 2.24) is 19.9 Å². The highest BCUT2D eigenvalue weighted by Crippen LogP contribution is 2.31. The van der Waals surface area contributed by atoms with E-state index in [1.165, 1.54) is 12.3 Å². The van der Waals surface area contributed by atoms with Gasteiger partial charge in [-0.25, -0.2) is 15.0 Å². The topological polar surface area (TPSA) is 80.7 Å². The molecular weight excluding hydrogens is 424 g/mol. The van der Waals surface area contributed by atoms with Gasteiger partial charge in [-0.2, -0.15) is 8.78 Å². The minimum Gasteiger partial charge on any atom is -0.322 e. The first kappa shape index (κ1) is 22.4. The van der Waals surface area contributed by atoms with Crippen molar-refractivity contribution in [2.75, 3.05) is 5.32 Å². The number of aryl methyl sites for hydroxylation is 3. The van der Waals surface area contributed by atoms with Crippen LogP contribution in [0.5, 0.6) is 0 Å². The SMILES string of the molecule is CCc1ncc2cc(-c3cc(NC(=O)c4ccnc(C(C)(F)F)c4)ccc3C)c(C)nc2n1. The van der Waals surface area contributed by atoms with Crippen molar-refractivity contribution in [2.45, 2.75) is 40.0 Å². The molecule has 4 rings (SSSR count). The van der Waals surface area contributed by atoms with Gasteiger partial charge >= 0.3 is 0 Å². The molecule has 0 fully saturated rings. The smallest absolute Gasteiger partial charge is 0.286 e. The Labute approximate surface area is 190 Å². The highest BCUT2D eigenvalue weighted by molar-refractivity contribution is 6.04. The summed E-state index contributed by atoms with van der Waals surface area (Å²) >= 11 is 0. The fraction of sp³-hybridized carbons (Fsp3) is 0.240. The predicted molar refractivity (Wildman–Crippen MR) is 123 cm³/mol. The lowest BCUT2D eigenvalue weighted by molar-refractivity contribution is 0.0127. The third-order valence-corrected chi connectivity index (χ3v) is 5.38. The molecule has 0 radical (unpaired) electrons. The van der Waals surface area contributed by atoms with E-state index in [1.54, 1.807) is 12.3 Å². The van der Waals surface area contributed by atoms with Gasteiger partial charge in [0.2, 0.25) is 0 Å². The largest absolute Gasteiger partial charge is 0.322 e. The van der Waals surface area contributed by atoms with Crippen LogP contribution in [0.15, 0.2) is 48.8 Å². The number of nitrogens with zero attached hydrogens (tertiary/aromatic N) is 4. The number of carbonyl (C=O) groups excluding carboxylic acids is 1. The summed E-state index contributed by atoms with van der Waals surface area (Å²) in [5, 5.41) is 3.61. The molecule has 168 valence electrons. The van der Waals surface area contributed by atoms with Gasteiger partial charge in [0.25, 0.3) is 11.8 Å². The minimum atomic E-state index is -3.13. The summed E-state index contributed by atoms with van der Waals surface area (Å²) in [5.41, 5.74) is 4.45. The summed E-state index contributed by atoms with van der Waals surface area (Å²) in [6.45, 7) is 6.62. The summed E-state index contributed by atoms with van der Waals surface area (Å²) < 4.78 is 27.2. The van der Waals surface area contributed by atoms with Gasteiger partial charge in [-0.3, -0.25) is 9.78 Å². The Hall–Kier alpha value is -3.81. The number of anilines is 1. The van der Waals surface area contributed by atoms with E-state index in [4.69, 9.17) is 0 Å². The van der Waals surface area contributed by atoms with Gasteiger partial charge in [-0.1, -0.05) is 13.0 Å². The molecule has 8 heteroatoms. The number of halogens is 2. The van der Waals surface area contributed by atoms with Crippen molar-refractivity contribution in [2.24, 2.45) is 0 Å². The van der Waals surface area contributed by atoms with Crippen LogP contribution in [0.2, 0.25) is 0 Å². The number of fused-ring (bicyclic) bond motifs is 1. The number of nitrogens with one attached hydrogen (secondary N) is 1. The Morgan fingerprint density at radius 1 is 1.03 bits per heavy atom. The van der Waals surface area contributed by atoms with E-state index < -0.39 is 17.5 Å². The van der Waals surface area contributed by atoms with Crippen molar-refractivity contribution in [3.8, 4) is 11.1 Å². The van der Waals surface area contributed by atoms with Crippen LogP contribution in [0.4, 0.5) is 14.5 Å². The molecule has 1 N–H and O–H groups in total. The molecule has 0 bridgehead atoms. The van der Waals surface area contributed by atoms with Gasteiger partial charge in [0.1, 0.15) is 11.5 Å². The van der Waals surface area contributed by atoms with Gasteiger partial charge in [-0.15, -0.1) is 0 Å². The maximum atomic E-state index is 13.6. The Bertz CT molecular complexity index is 1370. The summed E-state index contributed by atoms with van der Waals surface area (Å²) in [5.74, 6) is -2.88. The van der Waals surface area contributed by atoms with E-state index >= 15 is 0 Å². The maximum absolute atomic E-state index is 13.6. The van der Waals surface area contributed by atoms with E-state index in [-0.39, 0.29) is 5.56 Å². The minimum absolute atomic E-state index is 0.107. The molecule has 0 saturated carbocycles. The van der Waals surface area contributed by atoms with E-state index in [0.29, 0.717) is 11.3 Å². The molecule has 0 aliphatic rings. The number of amides is 1. The molecule has 1 aromatic carbocycles. The van der Waals surface area contributed by atoms with E-state index in [9.17, 15) is 13.6 Å². The molecular formula is C25H23F2N5O. The van der Waals surface area contributed by atoms with Crippen LogP contribution in [0.1, 0.15) is 47.0 Å². The predicted octanol–water partition coefficient (Wildman–Crippen LogP) is 5.63. The molecule has 6 nitrogen and oxygen atoms in total. The molecule has 4 aromatic rings. The van der Waals surface area contributed by atoms with E-state index in [2.05, 4.69) is 25.3 Å². The number of hydrogen-bond acceptors (Lipinski definition) is 5. The first-order chi connectivity index (χ1) is 15.7. The molecule has 0 unspecified atom stereocenters. The number of pyridine rings is 2. The van der Waals surface area contributed by atoms with Crippen LogP contribution >= 0.6 is 0 Å². The monoisotopic (exact) mass is 447 g/mol. The second-order valence-electron chi connectivity index (χ2n) is 7.98. The fourth-order valence-electron chi connectivity index (χ4n) is 3.54. The maximum Gasteiger partial charge on any atom is 0.286 e. The molecule has 0 saturated heterocycles. The number of aromatic nitrogens is 4. The van der Waals surface area contributed by atoms with E-state index in [0.717, 1.165) is 53.0 Å². The molecule has 1 amide bonds. The average Bonchev–Trinajstić information content (AvgIpc) is 2.79. The van der Waals surface area contributed by atoms with Gasteiger partial charge in [0, 0.05) is 53.6 Å². The zero-order valence-electron chi connectivity index (χ0n) is 18.8.